The molecule has 3 heteroatoms. The molecule has 0 heterocycles. The third-order valence-corrected chi connectivity index (χ3v) is 50.3. The summed E-state index contributed by atoms with van der Waals surface area (Å²) in [4.78, 5) is 0. The zero-order chi connectivity index (χ0) is 34.2. The van der Waals surface area contributed by atoms with Crippen LogP contribution in [0, 0.1) is 0 Å². The van der Waals surface area contributed by atoms with Crippen molar-refractivity contribution < 1.29 is 18.0 Å². The Bertz CT molecular complexity index is 1750. The number of hydrogen-bond acceptors (Lipinski definition) is 0. The van der Waals surface area contributed by atoms with Crippen LogP contribution in [0.5, 0.6) is 0 Å². The van der Waals surface area contributed by atoms with Gasteiger partial charge in [-0.05, 0) is 0 Å². The summed E-state index contributed by atoms with van der Waals surface area (Å²) >= 11 is -4.43. The van der Waals surface area contributed by atoms with Crippen molar-refractivity contribution in [3.63, 3.8) is 0 Å². The number of rotatable bonds is 12. The number of hydrogen-bond donors (Lipinski definition) is 0. The first kappa shape index (κ1) is 35.4. The summed E-state index contributed by atoms with van der Waals surface area (Å²) in [5, 5.41) is 3.27. The van der Waals surface area contributed by atoms with Crippen LogP contribution in [0.15, 0.2) is 121 Å². The van der Waals surface area contributed by atoms with Gasteiger partial charge in [0.05, 0.1) is 0 Å². The fourth-order valence-electron chi connectivity index (χ4n) is 10.4. The monoisotopic (exact) mass is 834 g/mol. The predicted octanol–water partition coefficient (Wildman–Crippen LogP) is 12.2. The van der Waals surface area contributed by atoms with Crippen molar-refractivity contribution in [1.82, 2.24) is 0 Å². The van der Waals surface area contributed by atoms with Gasteiger partial charge in [-0.2, -0.15) is 0 Å². The molecule has 0 spiro atoms. The second-order valence-electron chi connectivity index (χ2n) is 15.7. The third kappa shape index (κ3) is 5.42. The Morgan fingerprint density at radius 2 is 0.854 bits per heavy atom. The molecule has 0 aromatic heterocycles. The van der Waals surface area contributed by atoms with Crippen molar-refractivity contribution in [2.24, 2.45) is 0 Å². The van der Waals surface area contributed by atoms with Crippen LogP contribution >= 0.6 is 0 Å². The first-order chi connectivity index (χ1) is 23.2. The van der Waals surface area contributed by atoms with Crippen LogP contribution in [0.1, 0.15) is 67.5 Å². The minimum absolute atomic E-state index is 0.395. The van der Waals surface area contributed by atoms with Gasteiger partial charge in [0.15, 0.2) is 0 Å². The molecule has 0 amide bonds. The Hall–Kier alpha value is -2.47. The van der Waals surface area contributed by atoms with E-state index >= 15 is 0 Å². The molecule has 0 aliphatic heterocycles. The van der Waals surface area contributed by atoms with Crippen molar-refractivity contribution in [2.45, 2.75) is 94.5 Å². The van der Waals surface area contributed by atoms with E-state index in [0.29, 0.717) is 7.35 Å². The van der Waals surface area contributed by atoms with E-state index in [1.807, 2.05) is 0 Å². The Labute approximate surface area is 295 Å². The summed E-state index contributed by atoms with van der Waals surface area (Å²) in [7, 11) is -2.98. The van der Waals surface area contributed by atoms with E-state index in [4.69, 9.17) is 0 Å². The Morgan fingerprint density at radius 3 is 1.21 bits per heavy atom. The maximum atomic E-state index is 2.81. The molecule has 2 aliphatic rings. The maximum absolute atomic E-state index is 4.43. The zero-order valence-electron chi connectivity index (χ0n) is 30.9. The topological polar surface area (TPSA) is 0 Å². The van der Waals surface area contributed by atoms with Gasteiger partial charge in [0.25, 0.3) is 0 Å². The minimum atomic E-state index is -4.43. The SMILES string of the molecule is CC[Si](CC)(CC)c1ccc([C](c2ccc([Si](CC)(CC)CC)cc2)=[Hf]([CH3])([CH3])([CH]2C=CC=C2)[CH]2c3ccccc3-c3ccccc32)cc1. The number of fused-ring (bicyclic) bond motifs is 3. The second-order valence-corrected chi connectivity index (χ2v) is 51.3. The normalized spacial score (nSPS) is 15.2. The fourth-order valence-corrected chi connectivity index (χ4v) is 42.7. The molecule has 0 saturated heterocycles. The van der Waals surface area contributed by atoms with Gasteiger partial charge in [-0.25, -0.2) is 0 Å². The first-order valence-electron chi connectivity index (χ1n) is 19.0. The first-order valence-corrected chi connectivity index (χ1v) is 37.4. The summed E-state index contributed by atoms with van der Waals surface area (Å²) in [6, 6.07) is 47.1. The van der Waals surface area contributed by atoms with Crippen molar-refractivity contribution in [1.29, 1.82) is 0 Å². The summed E-state index contributed by atoms with van der Waals surface area (Å²) < 4.78 is 8.14. The summed E-state index contributed by atoms with van der Waals surface area (Å²) in [5.41, 5.74) is 8.88. The zero-order valence-corrected chi connectivity index (χ0v) is 36.5. The van der Waals surface area contributed by atoms with Crippen LogP contribution in [0.2, 0.25) is 49.3 Å². The molecule has 0 unspecified atom stereocenters. The van der Waals surface area contributed by atoms with Gasteiger partial charge >= 0.3 is 297 Å². The molecule has 48 heavy (non-hydrogen) atoms. The van der Waals surface area contributed by atoms with E-state index in [0.717, 1.165) is 0 Å². The van der Waals surface area contributed by atoms with E-state index in [2.05, 4.69) is 172 Å². The molecular formula is C45H58HfSi2. The van der Waals surface area contributed by atoms with Gasteiger partial charge in [-0.3, -0.25) is 0 Å². The summed E-state index contributed by atoms with van der Waals surface area (Å²) in [6.07, 6.45) is 9.79. The van der Waals surface area contributed by atoms with Crippen molar-refractivity contribution in [2.75, 3.05) is 0 Å². The summed E-state index contributed by atoms with van der Waals surface area (Å²) in [6.45, 7) is 14.6. The standard InChI is InChI=1S/C25H38Si2.C13H9.C5H5.2CH3.Hf/c1-7-26(8-2,9-3)24-17-13-22(14-18-24)21-23-15-19-25(20-16-23)27(10-4,11-5)12-6;1-3-7-12-10(5-1)9-11-6-2-4-8-13(11)12;1-2-4-5-3-1;;;/h13-20H,7-12H2,1-6H3;1-9H;1-5H;2*1H3;. The van der Waals surface area contributed by atoms with Crippen LogP contribution in [-0.2, 0) is 18.0 Å². The molecule has 4 aromatic carbocycles. The molecule has 0 N–H and O–H groups in total. The molecule has 4 aromatic rings. The van der Waals surface area contributed by atoms with E-state index in [1.54, 1.807) is 24.8 Å². The fraction of sp³-hybridized carbons (Fsp3) is 0.356. The van der Waals surface area contributed by atoms with Gasteiger partial charge in [0.1, 0.15) is 0 Å². The molecule has 0 bridgehead atoms. The third-order valence-electron chi connectivity index (χ3n) is 13.9. The van der Waals surface area contributed by atoms with Gasteiger partial charge in [0, 0.05) is 0 Å². The van der Waals surface area contributed by atoms with Crippen molar-refractivity contribution in [3.05, 3.63) is 144 Å². The van der Waals surface area contributed by atoms with Crippen molar-refractivity contribution in [3.8, 4) is 11.1 Å². The predicted molar refractivity (Wildman–Crippen MR) is 217 cm³/mol. The molecule has 0 atom stereocenters. The average Bonchev–Trinajstić information content (AvgIpc) is 3.80. The van der Waals surface area contributed by atoms with E-state index < -0.39 is 34.2 Å². The number of allylic oxidation sites excluding steroid dienone is 4. The van der Waals surface area contributed by atoms with Crippen LogP contribution < -0.4 is 10.4 Å². The summed E-state index contributed by atoms with van der Waals surface area (Å²) in [5.74, 6) is 0. The van der Waals surface area contributed by atoms with Gasteiger partial charge in [-0.15, -0.1) is 0 Å². The van der Waals surface area contributed by atoms with E-state index in [1.165, 1.54) is 58.5 Å². The quantitative estimate of drug-likeness (QED) is 0.125. The molecule has 6 rings (SSSR count). The average molecular weight is 834 g/mol. The Kier molecular flexibility index (Phi) is 10.1. The van der Waals surface area contributed by atoms with Crippen LogP contribution in [0.3, 0.4) is 0 Å². The molecule has 250 valence electrons. The van der Waals surface area contributed by atoms with Crippen molar-refractivity contribution >= 4 is 29.8 Å². The molecule has 0 radical (unpaired) electrons. The molecule has 0 nitrogen and oxygen atoms in total. The van der Waals surface area contributed by atoms with Crippen LogP contribution in [0.4, 0.5) is 0 Å². The molecular weight excluding hydrogens is 775 g/mol. The van der Waals surface area contributed by atoms with E-state index in [9.17, 15) is 0 Å². The van der Waals surface area contributed by atoms with Gasteiger partial charge in [-0.1, -0.05) is 0 Å². The number of benzene rings is 4. The van der Waals surface area contributed by atoms with E-state index in [-0.39, 0.29) is 0 Å². The van der Waals surface area contributed by atoms with Gasteiger partial charge < -0.3 is 0 Å². The van der Waals surface area contributed by atoms with Crippen LogP contribution in [0.25, 0.3) is 11.1 Å². The Balaban J connectivity index is 1.73. The Morgan fingerprint density at radius 1 is 0.500 bits per heavy atom. The molecule has 0 fully saturated rings. The second kappa shape index (κ2) is 13.7. The van der Waals surface area contributed by atoms with Gasteiger partial charge in [0.2, 0.25) is 0 Å². The van der Waals surface area contributed by atoms with Crippen LogP contribution in [-0.4, -0.2) is 19.4 Å². The molecule has 0 saturated carbocycles. The molecule has 2 aliphatic carbocycles.